The quantitative estimate of drug-likeness (QED) is 0.420. The van der Waals surface area contributed by atoms with Crippen LogP contribution in [0.3, 0.4) is 0 Å². The van der Waals surface area contributed by atoms with Gasteiger partial charge in [-0.25, -0.2) is 9.37 Å². The number of fused-ring (bicyclic) bond motifs is 1. The molecule has 4 rings (SSSR count). The second-order valence-electron chi connectivity index (χ2n) is 7.58. The molecule has 1 aromatic carbocycles. The standard InChI is InChI=1S/C22H20ClFN4O4/c1-11(2)31-22-15(23)8-13(9-25-22)21-26-20(27-32-21)18-16(24)6-5-14-12(4-7-17(29)30)10-28(3)19(14)18/h5-6,8-11H,4,7H2,1-3H3,(H,29,30). The Bertz CT molecular complexity index is 1310. The van der Waals surface area contributed by atoms with Crippen molar-refractivity contribution in [2.75, 3.05) is 0 Å². The first-order chi connectivity index (χ1) is 15.2. The Morgan fingerprint density at radius 2 is 2.16 bits per heavy atom. The number of hydrogen-bond donors (Lipinski definition) is 1. The number of rotatable bonds is 7. The van der Waals surface area contributed by atoms with Crippen LogP contribution in [0.4, 0.5) is 4.39 Å². The van der Waals surface area contributed by atoms with Crippen LogP contribution in [0.25, 0.3) is 33.7 Å². The van der Waals surface area contributed by atoms with E-state index in [1.54, 1.807) is 29.9 Å². The van der Waals surface area contributed by atoms with Crippen LogP contribution < -0.4 is 4.74 Å². The fraction of sp³-hybridized carbons (Fsp3) is 0.273. The lowest BCUT2D eigenvalue weighted by Crippen LogP contribution is -2.07. The van der Waals surface area contributed by atoms with Gasteiger partial charge in [0.15, 0.2) is 0 Å². The molecule has 1 N–H and O–H groups in total. The van der Waals surface area contributed by atoms with E-state index in [0.29, 0.717) is 23.4 Å². The topological polar surface area (TPSA) is 103 Å². The molecule has 3 heterocycles. The zero-order valence-electron chi connectivity index (χ0n) is 17.6. The molecule has 0 spiro atoms. The van der Waals surface area contributed by atoms with Crippen molar-refractivity contribution in [3.05, 3.63) is 47.0 Å². The highest BCUT2D eigenvalue weighted by Gasteiger charge is 2.22. The van der Waals surface area contributed by atoms with Crippen LogP contribution in [0.1, 0.15) is 25.8 Å². The Kier molecular flexibility index (Phi) is 5.84. The number of nitrogens with zero attached hydrogens (tertiary/aromatic N) is 4. The van der Waals surface area contributed by atoms with E-state index in [-0.39, 0.29) is 34.8 Å². The highest BCUT2D eigenvalue weighted by atomic mass is 35.5. The van der Waals surface area contributed by atoms with Gasteiger partial charge in [-0.05, 0) is 44.0 Å². The van der Waals surface area contributed by atoms with Gasteiger partial charge in [-0.3, -0.25) is 4.79 Å². The number of aryl methyl sites for hydroxylation is 2. The molecule has 3 aromatic heterocycles. The van der Waals surface area contributed by atoms with E-state index >= 15 is 0 Å². The lowest BCUT2D eigenvalue weighted by molar-refractivity contribution is -0.136. The molecule has 0 aliphatic rings. The maximum absolute atomic E-state index is 14.9. The van der Waals surface area contributed by atoms with Crippen LogP contribution in [-0.4, -0.2) is 36.9 Å². The van der Waals surface area contributed by atoms with Crippen molar-refractivity contribution in [2.45, 2.75) is 32.8 Å². The molecule has 166 valence electrons. The first kappa shape index (κ1) is 21.8. The Labute approximate surface area is 187 Å². The number of benzene rings is 1. The third-order valence-electron chi connectivity index (χ3n) is 4.83. The summed E-state index contributed by atoms with van der Waals surface area (Å²) < 4.78 is 27.5. The minimum Gasteiger partial charge on any atom is -0.481 e. The van der Waals surface area contributed by atoms with Gasteiger partial charge >= 0.3 is 5.97 Å². The first-order valence-electron chi connectivity index (χ1n) is 9.89. The lowest BCUT2D eigenvalue weighted by atomic mass is 10.0. The van der Waals surface area contributed by atoms with Crippen LogP contribution in [0.5, 0.6) is 5.88 Å². The van der Waals surface area contributed by atoms with E-state index in [2.05, 4.69) is 15.1 Å². The van der Waals surface area contributed by atoms with E-state index in [9.17, 15) is 9.18 Å². The third kappa shape index (κ3) is 4.16. The number of aliphatic carboxylic acids is 1. The monoisotopic (exact) mass is 458 g/mol. The molecule has 4 aromatic rings. The van der Waals surface area contributed by atoms with Crippen molar-refractivity contribution in [1.29, 1.82) is 0 Å². The minimum atomic E-state index is -0.899. The number of pyridine rings is 1. The molecule has 0 atom stereocenters. The summed E-state index contributed by atoms with van der Waals surface area (Å²) in [6, 6.07) is 4.53. The number of carbonyl (C=O) groups is 1. The summed E-state index contributed by atoms with van der Waals surface area (Å²) in [6.07, 6.45) is 3.49. The van der Waals surface area contributed by atoms with Crippen molar-refractivity contribution in [1.82, 2.24) is 19.7 Å². The third-order valence-corrected chi connectivity index (χ3v) is 5.11. The second kappa shape index (κ2) is 8.58. The number of ether oxygens (including phenoxy) is 1. The zero-order chi connectivity index (χ0) is 23.0. The van der Waals surface area contributed by atoms with Gasteiger partial charge in [0.05, 0.1) is 22.7 Å². The largest absolute Gasteiger partial charge is 0.481 e. The van der Waals surface area contributed by atoms with Gasteiger partial charge in [-0.2, -0.15) is 4.98 Å². The molecule has 0 amide bonds. The number of halogens is 2. The van der Waals surface area contributed by atoms with Gasteiger partial charge in [0.2, 0.25) is 11.7 Å². The molecular formula is C22H20ClFN4O4. The van der Waals surface area contributed by atoms with E-state index < -0.39 is 11.8 Å². The maximum Gasteiger partial charge on any atom is 0.303 e. The maximum atomic E-state index is 14.9. The summed E-state index contributed by atoms with van der Waals surface area (Å²) in [6.45, 7) is 3.73. The molecule has 8 nitrogen and oxygen atoms in total. The molecule has 0 fully saturated rings. The van der Waals surface area contributed by atoms with Crippen LogP contribution in [0, 0.1) is 5.82 Å². The molecule has 0 saturated heterocycles. The van der Waals surface area contributed by atoms with Gasteiger partial charge < -0.3 is 18.9 Å². The van der Waals surface area contributed by atoms with Crippen molar-refractivity contribution in [2.24, 2.45) is 7.05 Å². The van der Waals surface area contributed by atoms with Crippen LogP contribution >= 0.6 is 11.6 Å². The summed E-state index contributed by atoms with van der Waals surface area (Å²) in [5.41, 5.74) is 1.98. The first-order valence-corrected chi connectivity index (χ1v) is 10.3. The molecule has 0 saturated carbocycles. The smallest absolute Gasteiger partial charge is 0.303 e. The van der Waals surface area contributed by atoms with Crippen molar-refractivity contribution < 1.29 is 23.6 Å². The van der Waals surface area contributed by atoms with Crippen LogP contribution in [-0.2, 0) is 18.3 Å². The van der Waals surface area contributed by atoms with Crippen LogP contribution in [0.15, 0.2) is 35.1 Å². The van der Waals surface area contributed by atoms with Gasteiger partial charge in [0.1, 0.15) is 10.8 Å². The zero-order valence-corrected chi connectivity index (χ0v) is 18.4. The summed E-state index contributed by atoms with van der Waals surface area (Å²) in [5.74, 6) is -0.939. The Morgan fingerprint density at radius 3 is 2.84 bits per heavy atom. The van der Waals surface area contributed by atoms with Crippen LogP contribution in [0.2, 0.25) is 5.02 Å². The number of carboxylic acid groups (broad SMARTS) is 1. The van der Waals surface area contributed by atoms with E-state index in [1.807, 2.05) is 13.8 Å². The normalized spacial score (nSPS) is 11.4. The van der Waals surface area contributed by atoms with Gasteiger partial charge in [0, 0.05) is 31.2 Å². The Balaban J connectivity index is 1.74. The van der Waals surface area contributed by atoms with Gasteiger partial charge in [-0.1, -0.05) is 16.8 Å². The fourth-order valence-electron chi connectivity index (χ4n) is 3.51. The van der Waals surface area contributed by atoms with Gasteiger partial charge in [0.25, 0.3) is 5.89 Å². The Morgan fingerprint density at radius 1 is 1.38 bits per heavy atom. The van der Waals surface area contributed by atoms with E-state index in [4.69, 9.17) is 26.0 Å². The van der Waals surface area contributed by atoms with Gasteiger partial charge in [-0.15, -0.1) is 0 Å². The molecule has 32 heavy (non-hydrogen) atoms. The van der Waals surface area contributed by atoms with E-state index in [1.165, 1.54) is 12.3 Å². The minimum absolute atomic E-state index is 0.0253. The second-order valence-corrected chi connectivity index (χ2v) is 7.99. The molecule has 0 aliphatic heterocycles. The van der Waals surface area contributed by atoms with Crippen molar-refractivity contribution in [3.63, 3.8) is 0 Å². The average Bonchev–Trinajstić information content (AvgIpc) is 3.33. The average molecular weight is 459 g/mol. The van der Waals surface area contributed by atoms with Crippen molar-refractivity contribution in [3.8, 4) is 28.7 Å². The molecular weight excluding hydrogens is 439 g/mol. The molecule has 10 heteroatoms. The fourth-order valence-corrected chi connectivity index (χ4v) is 3.72. The van der Waals surface area contributed by atoms with Crippen molar-refractivity contribution >= 4 is 28.5 Å². The predicted molar refractivity (Wildman–Crippen MR) is 116 cm³/mol. The van der Waals surface area contributed by atoms with E-state index in [0.717, 1.165) is 10.9 Å². The lowest BCUT2D eigenvalue weighted by Gasteiger charge is -2.09. The highest BCUT2D eigenvalue weighted by Crippen LogP contribution is 2.34. The number of aromatic nitrogens is 4. The molecule has 0 unspecified atom stereocenters. The molecule has 0 aliphatic carbocycles. The highest BCUT2D eigenvalue weighted by molar-refractivity contribution is 6.32. The molecule has 0 radical (unpaired) electrons. The summed E-state index contributed by atoms with van der Waals surface area (Å²) in [5, 5.41) is 14.0. The Hall–Kier alpha value is -3.46. The number of carboxylic acids is 1. The molecule has 0 bridgehead atoms. The predicted octanol–water partition coefficient (Wildman–Crippen LogP) is 4.89. The summed E-state index contributed by atoms with van der Waals surface area (Å²) >= 11 is 6.24. The summed E-state index contributed by atoms with van der Waals surface area (Å²) in [4.78, 5) is 19.5. The summed E-state index contributed by atoms with van der Waals surface area (Å²) in [7, 11) is 1.76. The number of hydrogen-bond acceptors (Lipinski definition) is 6. The SMILES string of the molecule is CC(C)Oc1ncc(-c2nc(-c3c(F)ccc4c(CCC(=O)O)cn(C)c34)no2)cc1Cl.